The summed E-state index contributed by atoms with van der Waals surface area (Å²) in [5, 5.41) is 20.6. The molecule has 2 heterocycles. The highest BCUT2D eigenvalue weighted by molar-refractivity contribution is 7.93. The number of nitrogens with one attached hydrogen (secondary N) is 1. The second-order valence-electron chi connectivity index (χ2n) is 8.37. The molecule has 9 heteroatoms. The summed E-state index contributed by atoms with van der Waals surface area (Å²) in [5.74, 6) is 0.369. The predicted molar refractivity (Wildman–Crippen MR) is 115 cm³/mol. The molecule has 7 nitrogen and oxygen atoms in total. The van der Waals surface area contributed by atoms with E-state index in [1.807, 2.05) is 0 Å². The molecule has 2 aromatic heterocycles. The summed E-state index contributed by atoms with van der Waals surface area (Å²) in [6, 6.07) is 0.839. The van der Waals surface area contributed by atoms with Gasteiger partial charge in [0.25, 0.3) is 0 Å². The van der Waals surface area contributed by atoms with E-state index in [1.54, 1.807) is 25.3 Å². The lowest BCUT2D eigenvalue weighted by Gasteiger charge is -2.15. The third-order valence-corrected chi connectivity index (χ3v) is 8.53. The number of pyridine rings is 1. The van der Waals surface area contributed by atoms with Crippen LogP contribution in [0.3, 0.4) is 0 Å². The maximum Gasteiger partial charge on any atom is 0.354 e. The molecule has 4 N–H and O–H groups in total. The van der Waals surface area contributed by atoms with E-state index in [2.05, 4.69) is 16.6 Å². The molecule has 0 saturated heterocycles. The number of hydrogen-bond donors (Lipinski definition) is 3. The Balaban J connectivity index is 1.66. The molecule has 0 aromatic carbocycles. The SMILES string of the molecule is CC1CCc2c1nc1c(c2NC(=O)N=[S@@](N)(=O)c2cc(C(C)(C)O)cs2)CCC1. The third kappa shape index (κ3) is 3.84. The molecule has 2 amide bonds. The Hall–Kier alpha value is -1.81. The van der Waals surface area contributed by atoms with Crippen molar-refractivity contribution in [2.24, 2.45) is 9.50 Å². The lowest BCUT2D eigenvalue weighted by atomic mass is 10.0. The number of urea groups is 1. The summed E-state index contributed by atoms with van der Waals surface area (Å²) >= 11 is 1.13. The Morgan fingerprint density at radius 3 is 2.83 bits per heavy atom. The zero-order valence-corrected chi connectivity index (χ0v) is 18.5. The molecule has 0 fully saturated rings. The van der Waals surface area contributed by atoms with Crippen molar-refractivity contribution >= 4 is 33.0 Å². The summed E-state index contributed by atoms with van der Waals surface area (Å²) in [5.41, 5.74) is 4.55. The zero-order valence-electron chi connectivity index (χ0n) is 16.8. The van der Waals surface area contributed by atoms with Gasteiger partial charge in [0.2, 0.25) is 0 Å². The van der Waals surface area contributed by atoms with E-state index < -0.39 is 21.5 Å². The number of anilines is 1. The van der Waals surface area contributed by atoms with Crippen molar-refractivity contribution in [3.8, 4) is 0 Å². The van der Waals surface area contributed by atoms with Gasteiger partial charge in [-0.05, 0) is 80.0 Å². The molecule has 0 aliphatic heterocycles. The van der Waals surface area contributed by atoms with Gasteiger partial charge in [-0.2, -0.15) is 0 Å². The number of hydrogen-bond acceptors (Lipinski definition) is 5. The van der Waals surface area contributed by atoms with Crippen molar-refractivity contribution in [1.29, 1.82) is 0 Å². The topological polar surface area (TPSA) is 118 Å². The normalized spacial score (nSPS) is 20.1. The van der Waals surface area contributed by atoms with Crippen LogP contribution in [0.5, 0.6) is 0 Å². The standard InChI is InChI=1S/C20H26N4O3S2/c1-11-7-8-14-17(11)22-15-6-4-5-13(15)18(14)23-19(25)24-29(21,27)16-9-12(10-28-16)20(2,3)26/h9-11,26H,4-8H2,1-3H3,(H3,21,22,23,24,25,27)/t11?,29-/m1/s1. The van der Waals surface area contributed by atoms with Crippen LogP contribution < -0.4 is 10.5 Å². The highest BCUT2D eigenvalue weighted by atomic mass is 32.2. The van der Waals surface area contributed by atoms with E-state index in [0.717, 1.165) is 71.6 Å². The first-order valence-electron chi connectivity index (χ1n) is 9.78. The molecule has 0 saturated carbocycles. The lowest BCUT2D eigenvalue weighted by molar-refractivity contribution is 0.0789. The molecule has 0 spiro atoms. The number of thiophene rings is 1. The van der Waals surface area contributed by atoms with Gasteiger partial charge in [-0.3, -0.25) is 4.98 Å². The number of carbonyl (C=O) groups is 1. The van der Waals surface area contributed by atoms with Gasteiger partial charge in [0.05, 0.1) is 11.3 Å². The van der Waals surface area contributed by atoms with Crippen molar-refractivity contribution in [3.05, 3.63) is 39.5 Å². The van der Waals surface area contributed by atoms with Crippen LogP contribution in [0, 0.1) is 0 Å². The average Bonchev–Trinajstić information content (AvgIpc) is 3.33. The van der Waals surface area contributed by atoms with E-state index in [4.69, 9.17) is 10.1 Å². The van der Waals surface area contributed by atoms with E-state index in [-0.39, 0.29) is 4.21 Å². The molecule has 2 aliphatic carbocycles. The van der Waals surface area contributed by atoms with E-state index in [0.29, 0.717) is 11.5 Å². The maximum absolute atomic E-state index is 12.9. The number of carbonyl (C=O) groups excluding carboxylic acids is 1. The Labute approximate surface area is 175 Å². The summed E-state index contributed by atoms with van der Waals surface area (Å²) in [6.45, 7) is 5.42. The van der Waals surface area contributed by atoms with E-state index in [1.165, 1.54) is 0 Å². The molecule has 2 aliphatic rings. The van der Waals surface area contributed by atoms with Crippen LogP contribution >= 0.6 is 11.3 Å². The van der Waals surface area contributed by atoms with Crippen LogP contribution in [-0.2, 0) is 34.8 Å². The van der Waals surface area contributed by atoms with Gasteiger partial charge in [-0.1, -0.05) is 6.92 Å². The van der Waals surface area contributed by atoms with Gasteiger partial charge in [0, 0.05) is 11.4 Å². The smallest absolute Gasteiger partial charge is 0.354 e. The first kappa shape index (κ1) is 20.5. The minimum absolute atomic E-state index is 0.267. The second kappa shape index (κ2) is 7.16. The molecule has 0 radical (unpaired) electrons. The van der Waals surface area contributed by atoms with Crippen LogP contribution in [0.1, 0.15) is 67.6 Å². The van der Waals surface area contributed by atoms with Crippen molar-refractivity contribution in [3.63, 3.8) is 0 Å². The number of fused-ring (bicyclic) bond motifs is 2. The summed E-state index contributed by atoms with van der Waals surface area (Å²) < 4.78 is 17.0. The van der Waals surface area contributed by atoms with E-state index in [9.17, 15) is 14.1 Å². The van der Waals surface area contributed by atoms with Gasteiger partial charge in [-0.25, -0.2) is 14.1 Å². The molecule has 0 bridgehead atoms. The fraction of sp³-hybridized carbons (Fsp3) is 0.500. The molecule has 1 unspecified atom stereocenters. The number of nitrogens with two attached hydrogens (primary N) is 1. The number of aryl methyl sites for hydroxylation is 1. The number of aromatic nitrogens is 1. The van der Waals surface area contributed by atoms with Crippen LogP contribution in [-0.4, -0.2) is 20.3 Å². The molecule has 156 valence electrons. The second-order valence-corrected chi connectivity index (χ2v) is 11.3. The number of amides is 2. The van der Waals surface area contributed by atoms with Gasteiger partial charge in [0.15, 0.2) is 9.92 Å². The van der Waals surface area contributed by atoms with Crippen LogP contribution in [0.15, 0.2) is 20.0 Å². The summed E-state index contributed by atoms with van der Waals surface area (Å²) in [4.78, 5) is 17.5. The van der Waals surface area contributed by atoms with Crippen molar-refractivity contribution in [2.75, 3.05) is 5.32 Å². The molecule has 2 aromatic rings. The van der Waals surface area contributed by atoms with Gasteiger partial charge in [-0.15, -0.1) is 15.7 Å². The Morgan fingerprint density at radius 1 is 1.38 bits per heavy atom. The first-order chi connectivity index (χ1) is 13.6. The van der Waals surface area contributed by atoms with Crippen molar-refractivity contribution in [1.82, 2.24) is 4.98 Å². The van der Waals surface area contributed by atoms with E-state index >= 15 is 0 Å². The molecule has 29 heavy (non-hydrogen) atoms. The predicted octanol–water partition coefficient (Wildman–Crippen LogP) is 3.84. The lowest BCUT2D eigenvalue weighted by Crippen LogP contribution is -2.19. The maximum atomic E-state index is 12.9. The largest absolute Gasteiger partial charge is 0.386 e. The fourth-order valence-corrected chi connectivity index (χ4v) is 6.32. The monoisotopic (exact) mass is 434 g/mol. The van der Waals surface area contributed by atoms with Gasteiger partial charge in [0.1, 0.15) is 4.21 Å². The van der Waals surface area contributed by atoms with Crippen molar-refractivity contribution < 1.29 is 14.1 Å². The van der Waals surface area contributed by atoms with Crippen molar-refractivity contribution in [2.45, 2.75) is 68.6 Å². The number of rotatable bonds is 3. The van der Waals surface area contributed by atoms with Gasteiger partial charge < -0.3 is 10.4 Å². The average molecular weight is 435 g/mol. The third-order valence-electron chi connectivity index (χ3n) is 5.67. The van der Waals surface area contributed by atoms with Crippen LogP contribution in [0.25, 0.3) is 0 Å². The summed E-state index contributed by atoms with van der Waals surface area (Å²) in [7, 11) is -3.40. The fourth-order valence-electron chi connectivity index (χ4n) is 4.04. The van der Waals surface area contributed by atoms with Gasteiger partial charge >= 0.3 is 6.03 Å². The Kier molecular flexibility index (Phi) is 5.05. The van der Waals surface area contributed by atoms with Crippen LogP contribution in [0.2, 0.25) is 0 Å². The quantitative estimate of drug-likeness (QED) is 0.680. The highest BCUT2D eigenvalue weighted by Crippen LogP contribution is 2.41. The van der Waals surface area contributed by atoms with Crippen LogP contribution in [0.4, 0.5) is 10.5 Å². The Morgan fingerprint density at radius 2 is 2.14 bits per heavy atom. The minimum Gasteiger partial charge on any atom is -0.386 e. The molecule has 2 atom stereocenters. The molecular weight excluding hydrogens is 408 g/mol. The summed E-state index contributed by atoms with van der Waals surface area (Å²) in [6.07, 6.45) is 4.68. The Bertz CT molecular complexity index is 1110. The minimum atomic E-state index is -3.40. The first-order valence-corrected chi connectivity index (χ1v) is 12.2. The highest BCUT2D eigenvalue weighted by Gasteiger charge is 2.30. The number of aliphatic hydroxyl groups is 1. The zero-order chi connectivity index (χ0) is 21.0. The molecular formula is C20H26N4O3S2. The molecule has 4 rings (SSSR count). The number of nitrogens with zero attached hydrogens (tertiary/aromatic N) is 2.